The average molecular weight is 288 g/mol. The fourth-order valence-electron chi connectivity index (χ4n) is 2.34. The molecule has 22 heavy (non-hydrogen) atoms. The van der Waals surface area contributed by atoms with Crippen molar-refractivity contribution in [3.05, 3.63) is 77.9 Å². The van der Waals surface area contributed by atoms with E-state index >= 15 is 0 Å². The second-order valence-corrected chi connectivity index (χ2v) is 4.96. The molecule has 0 aliphatic heterocycles. The maximum absolute atomic E-state index is 6.79. The molecular formula is C18H16N4. The highest BCUT2D eigenvalue weighted by molar-refractivity contribution is 5.83. The Kier molecular flexibility index (Phi) is 3.90. The summed E-state index contributed by atoms with van der Waals surface area (Å²) in [7, 11) is 0. The predicted molar refractivity (Wildman–Crippen MR) is 90.8 cm³/mol. The van der Waals surface area contributed by atoms with Crippen molar-refractivity contribution in [2.45, 2.75) is 6.54 Å². The van der Waals surface area contributed by atoms with Gasteiger partial charge in [0.05, 0.1) is 6.57 Å². The van der Waals surface area contributed by atoms with Crippen molar-refractivity contribution in [2.24, 2.45) is 5.73 Å². The molecule has 2 aromatic carbocycles. The van der Waals surface area contributed by atoms with Gasteiger partial charge in [-0.3, -0.25) is 0 Å². The minimum Gasteiger partial charge on any atom is -0.361 e. The van der Waals surface area contributed by atoms with Crippen molar-refractivity contribution in [1.82, 2.24) is 9.97 Å². The van der Waals surface area contributed by atoms with Gasteiger partial charge in [0.1, 0.15) is 0 Å². The van der Waals surface area contributed by atoms with Crippen LogP contribution in [0.1, 0.15) is 5.56 Å². The predicted octanol–water partition coefficient (Wildman–Crippen LogP) is 4.35. The van der Waals surface area contributed by atoms with Gasteiger partial charge in [0.2, 0.25) is 0 Å². The summed E-state index contributed by atoms with van der Waals surface area (Å²) in [6, 6.07) is 15.8. The van der Waals surface area contributed by atoms with Crippen LogP contribution in [0.3, 0.4) is 0 Å². The molecule has 108 valence electrons. The molecule has 0 amide bonds. The van der Waals surface area contributed by atoms with Crippen LogP contribution in [0.2, 0.25) is 0 Å². The molecule has 4 nitrogen and oxygen atoms in total. The van der Waals surface area contributed by atoms with Gasteiger partial charge < -0.3 is 15.7 Å². The van der Waals surface area contributed by atoms with Gasteiger partial charge in [0, 0.05) is 30.0 Å². The molecular weight excluding hydrogens is 272 g/mol. The Hall–Kier alpha value is -3.03. The number of hydrogen-bond acceptors (Lipinski definition) is 1. The van der Waals surface area contributed by atoms with Crippen molar-refractivity contribution < 1.29 is 0 Å². The number of H-pyrrole nitrogens is 2. The van der Waals surface area contributed by atoms with Crippen molar-refractivity contribution in [3.8, 4) is 0 Å². The molecule has 4 rings (SSSR count). The van der Waals surface area contributed by atoms with E-state index in [2.05, 4.69) is 33.0 Å². The Labute approximate surface area is 128 Å². The van der Waals surface area contributed by atoms with Gasteiger partial charge in [-0.05, 0) is 52.7 Å². The lowest BCUT2D eigenvalue weighted by atomic mass is 10.1. The quantitative estimate of drug-likeness (QED) is 0.448. The molecule has 0 bridgehead atoms. The van der Waals surface area contributed by atoms with Crippen LogP contribution < -0.4 is 5.73 Å². The zero-order valence-corrected chi connectivity index (χ0v) is 12.0. The van der Waals surface area contributed by atoms with E-state index in [1.165, 1.54) is 16.5 Å². The molecule has 0 aliphatic rings. The number of nitrogens with two attached hydrogens (primary N) is 1. The Balaban J connectivity index is 0.000000131. The zero-order chi connectivity index (χ0) is 15.4. The van der Waals surface area contributed by atoms with Gasteiger partial charge in [0.25, 0.3) is 0 Å². The van der Waals surface area contributed by atoms with E-state index in [1.807, 2.05) is 42.7 Å². The molecule has 0 spiro atoms. The Bertz CT molecular complexity index is 940. The number of benzene rings is 2. The first kappa shape index (κ1) is 13.9. The van der Waals surface area contributed by atoms with E-state index in [0.29, 0.717) is 12.2 Å². The molecule has 0 aliphatic carbocycles. The minimum absolute atomic E-state index is 0.612. The van der Waals surface area contributed by atoms with Crippen LogP contribution in [0, 0.1) is 6.57 Å². The summed E-state index contributed by atoms with van der Waals surface area (Å²) < 4.78 is 0. The van der Waals surface area contributed by atoms with E-state index in [4.69, 9.17) is 12.3 Å². The van der Waals surface area contributed by atoms with Gasteiger partial charge in [-0.25, -0.2) is 4.85 Å². The van der Waals surface area contributed by atoms with Crippen molar-refractivity contribution >= 4 is 27.5 Å². The first-order valence-corrected chi connectivity index (χ1v) is 7.01. The topological polar surface area (TPSA) is 62.0 Å². The van der Waals surface area contributed by atoms with Gasteiger partial charge in [-0.2, -0.15) is 0 Å². The normalized spacial score (nSPS) is 10.2. The number of fused-ring (bicyclic) bond motifs is 2. The average Bonchev–Trinajstić information content (AvgIpc) is 3.22. The number of nitrogens with zero attached hydrogens (tertiary/aromatic N) is 1. The molecule has 0 saturated carbocycles. The molecule has 0 unspecified atom stereocenters. The van der Waals surface area contributed by atoms with E-state index in [9.17, 15) is 0 Å². The summed E-state index contributed by atoms with van der Waals surface area (Å²) in [5, 5.41) is 2.33. The molecule has 0 fully saturated rings. The fraction of sp³-hybridized carbons (Fsp3) is 0.0556. The van der Waals surface area contributed by atoms with Gasteiger partial charge >= 0.3 is 0 Å². The first-order chi connectivity index (χ1) is 10.8. The van der Waals surface area contributed by atoms with Gasteiger partial charge in [0.15, 0.2) is 5.69 Å². The van der Waals surface area contributed by atoms with Crippen LogP contribution in [-0.2, 0) is 6.54 Å². The van der Waals surface area contributed by atoms with Crippen LogP contribution >= 0.6 is 0 Å². The SMILES string of the molecule is NCc1ccc2[nH]ccc2c1.[C-]#[N+]c1ccc2[nH]ccc2c1. The number of nitrogens with one attached hydrogen (secondary N) is 2. The largest absolute Gasteiger partial charge is 0.361 e. The number of hydrogen-bond donors (Lipinski definition) is 3. The maximum atomic E-state index is 6.79. The summed E-state index contributed by atoms with van der Waals surface area (Å²) in [6.07, 6.45) is 3.81. The second-order valence-electron chi connectivity index (χ2n) is 4.96. The highest BCUT2D eigenvalue weighted by Crippen LogP contribution is 2.19. The monoisotopic (exact) mass is 288 g/mol. The fourth-order valence-corrected chi connectivity index (χ4v) is 2.34. The molecule has 0 saturated heterocycles. The van der Waals surface area contributed by atoms with E-state index in [0.717, 1.165) is 10.9 Å². The number of aromatic amines is 2. The lowest BCUT2D eigenvalue weighted by Crippen LogP contribution is -1.94. The zero-order valence-electron chi connectivity index (χ0n) is 12.0. The summed E-state index contributed by atoms with van der Waals surface area (Å²) in [5.74, 6) is 0. The molecule has 2 heterocycles. The lowest BCUT2D eigenvalue weighted by Gasteiger charge is -1.94. The van der Waals surface area contributed by atoms with Gasteiger partial charge in [-0.15, -0.1) is 0 Å². The minimum atomic E-state index is 0.612. The highest BCUT2D eigenvalue weighted by atomic mass is 14.7. The van der Waals surface area contributed by atoms with Crippen LogP contribution in [0.4, 0.5) is 5.69 Å². The van der Waals surface area contributed by atoms with Gasteiger partial charge in [-0.1, -0.05) is 12.1 Å². The lowest BCUT2D eigenvalue weighted by molar-refractivity contribution is 1.08. The molecule has 0 atom stereocenters. The second kappa shape index (κ2) is 6.17. The van der Waals surface area contributed by atoms with E-state index in [1.54, 1.807) is 0 Å². The maximum Gasteiger partial charge on any atom is 0.187 e. The summed E-state index contributed by atoms with van der Waals surface area (Å²) >= 11 is 0. The van der Waals surface area contributed by atoms with Crippen molar-refractivity contribution in [2.75, 3.05) is 0 Å². The molecule has 0 radical (unpaired) electrons. The molecule has 2 aromatic heterocycles. The summed E-state index contributed by atoms with van der Waals surface area (Å²) in [5.41, 5.74) is 9.62. The standard InChI is InChI=1S/C9H6N2.C9H10N2/c1-10-8-2-3-9-7(6-8)4-5-11-9;10-6-7-1-2-9-8(5-7)3-4-11-9/h2-6,11H;1-5,11H,6,10H2. The van der Waals surface area contributed by atoms with Crippen LogP contribution in [0.5, 0.6) is 0 Å². The van der Waals surface area contributed by atoms with E-state index < -0.39 is 0 Å². The Morgan fingerprint density at radius 1 is 0.864 bits per heavy atom. The first-order valence-electron chi connectivity index (χ1n) is 7.01. The van der Waals surface area contributed by atoms with Crippen molar-refractivity contribution in [1.29, 1.82) is 0 Å². The van der Waals surface area contributed by atoms with Crippen LogP contribution in [0.15, 0.2) is 60.9 Å². The molecule has 4 N–H and O–H groups in total. The van der Waals surface area contributed by atoms with Crippen molar-refractivity contribution in [3.63, 3.8) is 0 Å². The third-order valence-electron chi connectivity index (χ3n) is 3.52. The highest BCUT2D eigenvalue weighted by Gasteiger charge is 1.94. The number of aromatic nitrogens is 2. The van der Waals surface area contributed by atoms with Crippen LogP contribution in [0.25, 0.3) is 26.7 Å². The Morgan fingerprint density at radius 2 is 1.50 bits per heavy atom. The van der Waals surface area contributed by atoms with E-state index in [-0.39, 0.29) is 0 Å². The molecule has 4 aromatic rings. The third kappa shape index (κ3) is 2.85. The molecule has 4 heteroatoms. The third-order valence-corrected chi connectivity index (χ3v) is 3.52. The Morgan fingerprint density at radius 3 is 2.14 bits per heavy atom. The summed E-state index contributed by atoms with van der Waals surface area (Å²) in [6.45, 7) is 7.40. The van der Waals surface area contributed by atoms with Crippen LogP contribution in [-0.4, -0.2) is 9.97 Å². The number of rotatable bonds is 1. The summed E-state index contributed by atoms with van der Waals surface area (Å²) in [4.78, 5) is 9.53. The smallest absolute Gasteiger partial charge is 0.187 e.